The predicted molar refractivity (Wildman–Crippen MR) is 55.5 cm³/mol. The van der Waals surface area contributed by atoms with Crippen LogP contribution in [0.1, 0.15) is 25.7 Å². The average Bonchev–Trinajstić information content (AvgIpc) is 2.31. The quantitative estimate of drug-likeness (QED) is 0.816. The van der Waals surface area contributed by atoms with Gasteiger partial charge in [0.15, 0.2) is 0 Å². The maximum absolute atomic E-state index is 9.00. The van der Waals surface area contributed by atoms with Crippen molar-refractivity contribution in [3.05, 3.63) is 18.5 Å². The Morgan fingerprint density at radius 1 is 1.20 bits per heavy atom. The van der Waals surface area contributed by atoms with Crippen LogP contribution in [0.5, 0.6) is 6.01 Å². The molecule has 4 nitrogen and oxygen atoms in total. The van der Waals surface area contributed by atoms with Crippen LogP contribution < -0.4 is 4.74 Å². The van der Waals surface area contributed by atoms with Crippen molar-refractivity contribution in [2.24, 2.45) is 5.92 Å². The van der Waals surface area contributed by atoms with Crippen molar-refractivity contribution in [2.45, 2.75) is 31.8 Å². The van der Waals surface area contributed by atoms with E-state index in [1.165, 1.54) is 0 Å². The summed E-state index contributed by atoms with van der Waals surface area (Å²) < 4.78 is 5.64. The van der Waals surface area contributed by atoms with Gasteiger partial charge in [0.05, 0.1) is 0 Å². The van der Waals surface area contributed by atoms with Crippen LogP contribution in [0.15, 0.2) is 18.5 Å². The smallest absolute Gasteiger partial charge is 0.316 e. The molecule has 0 aliphatic heterocycles. The summed E-state index contributed by atoms with van der Waals surface area (Å²) in [4.78, 5) is 8.06. The van der Waals surface area contributed by atoms with Crippen molar-refractivity contribution in [3.8, 4) is 6.01 Å². The zero-order valence-electron chi connectivity index (χ0n) is 8.67. The largest absolute Gasteiger partial charge is 0.460 e. The number of hydrogen-bond acceptors (Lipinski definition) is 4. The van der Waals surface area contributed by atoms with E-state index in [1.54, 1.807) is 18.5 Å². The highest BCUT2D eigenvalue weighted by molar-refractivity contribution is 4.94. The highest BCUT2D eigenvalue weighted by Crippen LogP contribution is 2.25. The van der Waals surface area contributed by atoms with Crippen LogP contribution in [-0.2, 0) is 0 Å². The topological polar surface area (TPSA) is 55.2 Å². The third-order valence-corrected chi connectivity index (χ3v) is 2.87. The molecule has 0 aromatic carbocycles. The maximum atomic E-state index is 9.00. The highest BCUT2D eigenvalue weighted by Gasteiger charge is 2.22. The van der Waals surface area contributed by atoms with Gasteiger partial charge in [-0.1, -0.05) is 0 Å². The molecule has 1 N–H and O–H groups in total. The second-order valence-corrected chi connectivity index (χ2v) is 3.97. The van der Waals surface area contributed by atoms with E-state index in [0.29, 0.717) is 18.5 Å². The van der Waals surface area contributed by atoms with E-state index in [4.69, 9.17) is 9.84 Å². The molecule has 1 aliphatic carbocycles. The van der Waals surface area contributed by atoms with Crippen LogP contribution in [0.3, 0.4) is 0 Å². The molecular weight excluding hydrogens is 192 g/mol. The molecule has 1 fully saturated rings. The third kappa shape index (κ3) is 2.89. The van der Waals surface area contributed by atoms with E-state index in [9.17, 15) is 0 Å². The molecule has 1 heterocycles. The van der Waals surface area contributed by atoms with Crippen molar-refractivity contribution in [1.82, 2.24) is 9.97 Å². The summed E-state index contributed by atoms with van der Waals surface area (Å²) in [7, 11) is 0. The first kappa shape index (κ1) is 10.4. The molecule has 1 saturated carbocycles. The fourth-order valence-corrected chi connectivity index (χ4v) is 1.93. The van der Waals surface area contributed by atoms with Gasteiger partial charge < -0.3 is 9.84 Å². The Hall–Kier alpha value is -1.16. The summed E-state index contributed by atoms with van der Waals surface area (Å²) >= 11 is 0. The first-order valence-corrected chi connectivity index (χ1v) is 5.43. The Morgan fingerprint density at radius 3 is 2.47 bits per heavy atom. The molecule has 4 heteroatoms. The van der Waals surface area contributed by atoms with Gasteiger partial charge in [-0.15, -0.1) is 0 Å². The molecule has 1 aromatic heterocycles. The molecule has 1 aliphatic rings. The number of aromatic nitrogens is 2. The van der Waals surface area contributed by atoms with Crippen molar-refractivity contribution >= 4 is 0 Å². The molecule has 15 heavy (non-hydrogen) atoms. The Labute approximate surface area is 89.3 Å². The van der Waals surface area contributed by atoms with Crippen LogP contribution in [0, 0.1) is 5.92 Å². The number of aliphatic hydroxyl groups excluding tert-OH is 1. The molecule has 0 unspecified atom stereocenters. The summed E-state index contributed by atoms with van der Waals surface area (Å²) in [6.45, 7) is 0.300. The van der Waals surface area contributed by atoms with E-state index < -0.39 is 0 Å². The summed E-state index contributed by atoms with van der Waals surface area (Å²) in [5.74, 6) is 0.460. The summed E-state index contributed by atoms with van der Waals surface area (Å²) in [5.41, 5.74) is 0. The van der Waals surface area contributed by atoms with Gasteiger partial charge in [0, 0.05) is 19.0 Å². The Balaban J connectivity index is 1.82. The van der Waals surface area contributed by atoms with Gasteiger partial charge >= 0.3 is 6.01 Å². The monoisotopic (exact) mass is 208 g/mol. The molecule has 0 spiro atoms. The van der Waals surface area contributed by atoms with E-state index in [1.807, 2.05) is 0 Å². The van der Waals surface area contributed by atoms with Crippen LogP contribution in [-0.4, -0.2) is 27.8 Å². The highest BCUT2D eigenvalue weighted by atomic mass is 16.5. The molecule has 1 aromatic rings. The van der Waals surface area contributed by atoms with Gasteiger partial charge in [-0.25, -0.2) is 9.97 Å². The molecule has 2 rings (SSSR count). The van der Waals surface area contributed by atoms with E-state index in [0.717, 1.165) is 25.7 Å². The van der Waals surface area contributed by atoms with Crippen molar-refractivity contribution in [1.29, 1.82) is 0 Å². The molecule has 0 amide bonds. The normalized spacial score (nSPS) is 26.2. The molecular formula is C11H16N2O2. The molecule has 0 radical (unpaired) electrons. The van der Waals surface area contributed by atoms with E-state index >= 15 is 0 Å². The van der Waals surface area contributed by atoms with Crippen LogP contribution in [0.4, 0.5) is 0 Å². The fourth-order valence-electron chi connectivity index (χ4n) is 1.93. The second kappa shape index (κ2) is 5.07. The number of aliphatic hydroxyl groups is 1. The van der Waals surface area contributed by atoms with Crippen molar-refractivity contribution < 1.29 is 9.84 Å². The zero-order valence-corrected chi connectivity index (χ0v) is 8.67. The van der Waals surface area contributed by atoms with Gasteiger partial charge in [-0.2, -0.15) is 0 Å². The third-order valence-electron chi connectivity index (χ3n) is 2.87. The zero-order chi connectivity index (χ0) is 10.5. The molecule has 0 saturated heterocycles. The maximum Gasteiger partial charge on any atom is 0.316 e. The first-order chi connectivity index (χ1) is 7.38. The minimum atomic E-state index is 0.218. The predicted octanol–water partition coefficient (Wildman–Crippen LogP) is 1.41. The lowest BCUT2D eigenvalue weighted by molar-refractivity contribution is 0.0966. The van der Waals surface area contributed by atoms with Gasteiger partial charge in [0.25, 0.3) is 0 Å². The molecule has 0 atom stereocenters. The lowest BCUT2D eigenvalue weighted by Gasteiger charge is -2.26. The standard InChI is InChI=1S/C11H16N2O2/c14-8-9-2-4-10(5-3-9)15-11-12-6-1-7-13-11/h1,6-7,9-10,14H,2-5,8H2. The minimum absolute atomic E-state index is 0.218. The minimum Gasteiger partial charge on any atom is -0.460 e. The SMILES string of the molecule is OCC1CCC(Oc2ncccn2)CC1. The van der Waals surface area contributed by atoms with E-state index in [-0.39, 0.29) is 6.10 Å². The Bertz CT molecular complexity index is 284. The van der Waals surface area contributed by atoms with Crippen LogP contribution in [0.2, 0.25) is 0 Å². The average molecular weight is 208 g/mol. The first-order valence-electron chi connectivity index (χ1n) is 5.43. The Kier molecular flexibility index (Phi) is 3.50. The van der Waals surface area contributed by atoms with Crippen molar-refractivity contribution in [2.75, 3.05) is 6.61 Å². The molecule has 82 valence electrons. The van der Waals surface area contributed by atoms with Gasteiger partial charge in [0.2, 0.25) is 0 Å². The number of nitrogens with zero attached hydrogens (tertiary/aromatic N) is 2. The summed E-state index contributed by atoms with van der Waals surface area (Å²) in [5, 5.41) is 9.00. The lowest BCUT2D eigenvalue weighted by atomic mass is 9.88. The number of hydrogen-bond donors (Lipinski definition) is 1. The fraction of sp³-hybridized carbons (Fsp3) is 0.636. The second-order valence-electron chi connectivity index (χ2n) is 3.97. The molecule has 0 bridgehead atoms. The van der Waals surface area contributed by atoms with Gasteiger partial charge in [-0.05, 0) is 37.7 Å². The lowest BCUT2D eigenvalue weighted by Crippen LogP contribution is -2.26. The number of ether oxygens (including phenoxy) is 1. The Morgan fingerprint density at radius 2 is 1.87 bits per heavy atom. The van der Waals surface area contributed by atoms with Gasteiger partial charge in [-0.3, -0.25) is 0 Å². The van der Waals surface area contributed by atoms with Crippen molar-refractivity contribution in [3.63, 3.8) is 0 Å². The van der Waals surface area contributed by atoms with Gasteiger partial charge in [0.1, 0.15) is 6.10 Å². The van der Waals surface area contributed by atoms with Crippen LogP contribution in [0.25, 0.3) is 0 Å². The van der Waals surface area contributed by atoms with Crippen LogP contribution >= 0.6 is 0 Å². The summed E-state index contributed by atoms with van der Waals surface area (Å²) in [6, 6.07) is 2.24. The number of rotatable bonds is 3. The summed E-state index contributed by atoms with van der Waals surface area (Å²) in [6.07, 6.45) is 7.63. The van der Waals surface area contributed by atoms with E-state index in [2.05, 4.69) is 9.97 Å².